The second-order valence-electron chi connectivity index (χ2n) is 5.94. The first-order chi connectivity index (χ1) is 10.0. The molecule has 4 nitrogen and oxygen atoms in total. The van der Waals surface area contributed by atoms with Crippen molar-refractivity contribution >= 4 is 0 Å². The van der Waals surface area contributed by atoms with Gasteiger partial charge >= 0.3 is 0 Å². The van der Waals surface area contributed by atoms with Crippen LogP contribution in [0, 0.1) is 5.82 Å². The molecule has 0 unspecified atom stereocenters. The van der Waals surface area contributed by atoms with Gasteiger partial charge in [-0.3, -0.25) is 9.80 Å². The molecule has 1 heterocycles. The summed E-state index contributed by atoms with van der Waals surface area (Å²) in [6.45, 7) is 7.33. The summed E-state index contributed by atoms with van der Waals surface area (Å²) in [6.07, 6.45) is 0. The zero-order chi connectivity index (χ0) is 15.4. The predicted octanol–water partition coefficient (Wildman–Crippen LogP) is 1.20. The predicted molar refractivity (Wildman–Crippen MR) is 80.3 cm³/mol. The highest BCUT2D eigenvalue weighted by Gasteiger charge is 2.29. The lowest BCUT2D eigenvalue weighted by Crippen LogP contribution is -2.56. The van der Waals surface area contributed by atoms with Crippen molar-refractivity contribution in [2.75, 3.05) is 26.2 Å². The maximum atomic E-state index is 13.9. The Labute approximate surface area is 125 Å². The molecule has 1 saturated heterocycles. The molecule has 0 aromatic heterocycles. The Morgan fingerprint density at radius 1 is 1.19 bits per heavy atom. The minimum absolute atomic E-state index is 0.0651. The van der Waals surface area contributed by atoms with Crippen LogP contribution in [0.2, 0.25) is 0 Å². The van der Waals surface area contributed by atoms with Crippen molar-refractivity contribution < 1.29 is 14.6 Å². The summed E-state index contributed by atoms with van der Waals surface area (Å²) in [7, 11) is 0. The molecule has 1 aliphatic rings. The van der Waals surface area contributed by atoms with E-state index in [0.717, 1.165) is 18.7 Å². The summed E-state index contributed by atoms with van der Waals surface area (Å²) < 4.78 is 13.9. The highest BCUT2D eigenvalue weighted by atomic mass is 19.1. The fourth-order valence-corrected chi connectivity index (χ4v) is 3.24. The van der Waals surface area contributed by atoms with E-state index in [4.69, 9.17) is 5.11 Å². The molecule has 0 spiro atoms. The molecule has 0 aliphatic carbocycles. The third-order valence-electron chi connectivity index (χ3n) is 4.22. The Hall–Kier alpha value is -1.01. The van der Waals surface area contributed by atoms with Gasteiger partial charge in [0.15, 0.2) is 0 Å². The first-order valence-corrected chi connectivity index (χ1v) is 7.52. The number of aliphatic hydroxyl groups is 2. The molecule has 2 rings (SSSR count). The molecule has 0 radical (unpaired) electrons. The van der Waals surface area contributed by atoms with Gasteiger partial charge in [-0.15, -0.1) is 0 Å². The number of rotatable bonds is 5. The third kappa shape index (κ3) is 4.01. The van der Waals surface area contributed by atoms with E-state index in [1.165, 1.54) is 6.07 Å². The van der Waals surface area contributed by atoms with Gasteiger partial charge in [-0.25, -0.2) is 4.39 Å². The second-order valence-corrected chi connectivity index (χ2v) is 5.94. The van der Waals surface area contributed by atoms with E-state index in [9.17, 15) is 9.50 Å². The largest absolute Gasteiger partial charge is 0.395 e. The quantitative estimate of drug-likeness (QED) is 0.857. The van der Waals surface area contributed by atoms with Gasteiger partial charge in [0.2, 0.25) is 0 Å². The van der Waals surface area contributed by atoms with Crippen LogP contribution in [0.4, 0.5) is 4.39 Å². The van der Waals surface area contributed by atoms with Crippen molar-refractivity contribution in [3.05, 3.63) is 35.1 Å². The van der Waals surface area contributed by atoms with Gasteiger partial charge < -0.3 is 10.2 Å². The standard InChI is InChI=1S/C16H25FN2O2/c1-12-8-18(9-13(2)19(12)5-6-20)10-15-7-14(11-21)3-4-16(15)17/h3-4,7,12-13,20-21H,5-6,8-11H2,1-2H3/t12-,13+. The molecule has 21 heavy (non-hydrogen) atoms. The number of hydrogen-bond acceptors (Lipinski definition) is 4. The van der Waals surface area contributed by atoms with Gasteiger partial charge in [-0.05, 0) is 31.5 Å². The van der Waals surface area contributed by atoms with E-state index in [2.05, 4.69) is 23.6 Å². The van der Waals surface area contributed by atoms with E-state index >= 15 is 0 Å². The molecule has 0 amide bonds. The summed E-state index contributed by atoms with van der Waals surface area (Å²) >= 11 is 0. The average Bonchev–Trinajstić information content (AvgIpc) is 2.45. The van der Waals surface area contributed by atoms with Gasteiger partial charge in [0.05, 0.1) is 13.2 Å². The van der Waals surface area contributed by atoms with E-state index in [1.807, 2.05) is 0 Å². The number of nitrogens with zero attached hydrogens (tertiary/aromatic N) is 2. The van der Waals surface area contributed by atoms with Crippen molar-refractivity contribution in [1.82, 2.24) is 9.80 Å². The number of halogens is 1. The van der Waals surface area contributed by atoms with Crippen LogP contribution in [-0.2, 0) is 13.2 Å². The van der Waals surface area contributed by atoms with E-state index < -0.39 is 0 Å². The molecule has 2 N–H and O–H groups in total. The summed E-state index contributed by atoms with van der Waals surface area (Å²) in [5.74, 6) is -0.217. The van der Waals surface area contributed by atoms with Crippen LogP contribution < -0.4 is 0 Å². The lowest BCUT2D eigenvalue weighted by Gasteiger charge is -2.44. The molecule has 1 aromatic carbocycles. The Balaban J connectivity index is 2.04. The van der Waals surface area contributed by atoms with Gasteiger partial charge in [0.25, 0.3) is 0 Å². The molecular weight excluding hydrogens is 271 g/mol. The Morgan fingerprint density at radius 3 is 2.43 bits per heavy atom. The van der Waals surface area contributed by atoms with Gasteiger partial charge in [-0.1, -0.05) is 6.07 Å². The van der Waals surface area contributed by atoms with Crippen molar-refractivity contribution in [2.45, 2.75) is 39.1 Å². The Bertz CT molecular complexity index is 458. The van der Waals surface area contributed by atoms with Crippen LogP contribution >= 0.6 is 0 Å². The lowest BCUT2D eigenvalue weighted by molar-refractivity contribution is 0.0234. The van der Waals surface area contributed by atoms with Crippen LogP contribution in [0.3, 0.4) is 0 Å². The Kier molecular flexibility index (Phi) is 5.70. The van der Waals surface area contributed by atoms with Gasteiger partial charge in [-0.2, -0.15) is 0 Å². The van der Waals surface area contributed by atoms with Crippen molar-refractivity contribution in [3.63, 3.8) is 0 Å². The Morgan fingerprint density at radius 2 is 1.86 bits per heavy atom. The van der Waals surface area contributed by atoms with Crippen LogP contribution in [0.1, 0.15) is 25.0 Å². The highest BCUT2D eigenvalue weighted by molar-refractivity contribution is 5.24. The zero-order valence-corrected chi connectivity index (χ0v) is 12.8. The monoisotopic (exact) mass is 296 g/mol. The number of benzene rings is 1. The van der Waals surface area contributed by atoms with Crippen molar-refractivity contribution in [1.29, 1.82) is 0 Å². The maximum Gasteiger partial charge on any atom is 0.127 e. The number of aliphatic hydroxyl groups excluding tert-OH is 2. The molecule has 0 bridgehead atoms. The first-order valence-electron chi connectivity index (χ1n) is 7.52. The van der Waals surface area contributed by atoms with Crippen LogP contribution in [-0.4, -0.2) is 58.3 Å². The lowest BCUT2D eigenvalue weighted by atomic mass is 10.1. The minimum atomic E-state index is -0.217. The number of piperazine rings is 1. The smallest absolute Gasteiger partial charge is 0.127 e. The fourth-order valence-electron chi connectivity index (χ4n) is 3.24. The van der Waals surface area contributed by atoms with E-state index in [-0.39, 0.29) is 19.0 Å². The maximum absolute atomic E-state index is 13.9. The topological polar surface area (TPSA) is 46.9 Å². The van der Waals surface area contributed by atoms with Gasteiger partial charge in [0, 0.05) is 43.8 Å². The molecule has 5 heteroatoms. The van der Waals surface area contributed by atoms with Crippen molar-refractivity contribution in [2.24, 2.45) is 0 Å². The molecule has 1 aromatic rings. The second kappa shape index (κ2) is 7.31. The van der Waals surface area contributed by atoms with Crippen LogP contribution in [0.5, 0.6) is 0 Å². The number of hydrogen-bond donors (Lipinski definition) is 2. The first kappa shape index (κ1) is 16.4. The zero-order valence-electron chi connectivity index (χ0n) is 12.8. The molecular formula is C16H25FN2O2. The highest BCUT2D eigenvalue weighted by Crippen LogP contribution is 2.19. The van der Waals surface area contributed by atoms with Crippen LogP contribution in [0.15, 0.2) is 18.2 Å². The van der Waals surface area contributed by atoms with E-state index in [1.54, 1.807) is 12.1 Å². The van der Waals surface area contributed by atoms with Crippen molar-refractivity contribution in [3.8, 4) is 0 Å². The summed E-state index contributed by atoms with van der Waals surface area (Å²) in [4.78, 5) is 4.53. The molecule has 1 fully saturated rings. The number of β-amino-alcohol motifs (C(OH)–C–C–N with tert-alkyl or cyclic N) is 1. The molecule has 2 atom stereocenters. The summed E-state index contributed by atoms with van der Waals surface area (Å²) in [5.41, 5.74) is 1.38. The fraction of sp³-hybridized carbons (Fsp3) is 0.625. The third-order valence-corrected chi connectivity index (χ3v) is 4.22. The summed E-state index contributed by atoms with van der Waals surface area (Å²) in [5, 5.41) is 18.3. The average molecular weight is 296 g/mol. The minimum Gasteiger partial charge on any atom is -0.395 e. The van der Waals surface area contributed by atoms with E-state index in [0.29, 0.717) is 30.7 Å². The molecule has 1 aliphatic heterocycles. The SMILES string of the molecule is C[C@@H]1CN(Cc2cc(CO)ccc2F)C[C@H](C)N1CCO. The molecule has 118 valence electrons. The summed E-state index contributed by atoms with van der Waals surface area (Å²) in [6, 6.07) is 5.46. The van der Waals surface area contributed by atoms with Crippen LogP contribution in [0.25, 0.3) is 0 Å². The normalized spacial score (nSPS) is 24.4. The van der Waals surface area contributed by atoms with Gasteiger partial charge in [0.1, 0.15) is 5.82 Å². The molecule has 0 saturated carbocycles.